The predicted molar refractivity (Wildman–Crippen MR) is 167 cm³/mol. The zero-order valence-corrected chi connectivity index (χ0v) is 25.3. The van der Waals surface area contributed by atoms with Gasteiger partial charge >= 0.3 is 6.01 Å². The maximum absolute atomic E-state index is 16.6. The molecule has 3 fully saturated rings. The van der Waals surface area contributed by atoms with E-state index in [0.29, 0.717) is 52.9 Å². The summed E-state index contributed by atoms with van der Waals surface area (Å²) in [6.45, 7) is 5.92. The van der Waals surface area contributed by atoms with Gasteiger partial charge in [-0.1, -0.05) is 24.8 Å². The molecular formula is C33H31F3N6O2S. The number of hydrogen-bond acceptors (Lipinski definition) is 8. The molecule has 12 heteroatoms. The van der Waals surface area contributed by atoms with Crippen LogP contribution in [0.5, 0.6) is 6.01 Å². The van der Waals surface area contributed by atoms with Gasteiger partial charge in [0.05, 0.1) is 24.1 Å². The minimum Gasteiger partial charge on any atom is -0.461 e. The molecule has 3 saturated heterocycles. The first-order valence-corrected chi connectivity index (χ1v) is 15.9. The van der Waals surface area contributed by atoms with Gasteiger partial charge in [-0.05, 0) is 49.2 Å². The Kier molecular flexibility index (Phi) is 7.61. The molecule has 45 heavy (non-hydrogen) atoms. The van der Waals surface area contributed by atoms with Gasteiger partial charge in [-0.3, -0.25) is 9.69 Å². The molecule has 1 amide bonds. The lowest BCUT2D eigenvalue weighted by Gasteiger charge is -2.41. The number of aromatic nitrogens is 2. The molecule has 5 heterocycles. The van der Waals surface area contributed by atoms with Gasteiger partial charge in [0, 0.05) is 53.6 Å². The number of ether oxygens (including phenoxy) is 1. The molecule has 8 nitrogen and oxygen atoms in total. The van der Waals surface area contributed by atoms with Gasteiger partial charge in [-0.2, -0.15) is 19.6 Å². The lowest BCUT2D eigenvalue weighted by atomic mass is 9.95. The molecule has 3 aliphatic heterocycles. The molecule has 232 valence electrons. The molecule has 0 radical (unpaired) electrons. The second kappa shape index (κ2) is 11.6. The molecule has 3 aliphatic rings. The van der Waals surface area contributed by atoms with Crippen LogP contribution in [0.15, 0.2) is 49.1 Å². The Morgan fingerprint density at radius 3 is 2.84 bits per heavy atom. The van der Waals surface area contributed by atoms with E-state index in [1.54, 1.807) is 35.2 Å². The van der Waals surface area contributed by atoms with Gasteiger partial charge in [-0.15, -0.1) is 11.3 Å². The SMILES string of the molecule is C=CC(=O)N1CCN(c2nc(OC[C@@]34CCCN3C[C@H](F)C4)nc3c(F)c(-c4cccc5sc(F)cc45)ccc23)C[C@@H]1CC#N. The van der Waals surface area contributed by atoms with Crippen LogP contribution in [-0.2, 0) is 4.79 Å². The number of nitrogens with zero attached hydrogens (tertiary/aromatic N) is 6. The van der Waals surface area contributed by atoms with Crippen LogP contribution in [0.25, 0.3) is 32.1 Å². The summed E-state index contributed by atoms with van der Waals surface area (Å²) in [4.78, 5) is 27.5. The molecule has 0 saturated carbocycles. The largest absolute Gasteiger partial charge is 0.461 e. The highest BCUT2D eigenvalue weighted by molar-refractivity contribution is 7.17. The Bertz CT molecular complexity index is 1860. The highest BCUT2D eigenvalue weighted by Crippen LogP contribution is 2.42. The van der Waals surface area contributed by atoms with Crippen LogP contribution in [0.2, 0.25) is 0 Å². The molecular weight excluding hydrogens is 601 g/mol. The number of thiophene rings is 1. The van der Waals surface area contributed by atoms with Crippen molar-refractivity contribution in [3.8, 4) is 23.2 Å². The standard InChI is InChI=1S/C33H31F3N6O2S/c1-2-28(43)42-14-13-40(18-21(42)9-11-37)31-24-8-7-23(22-5-3-6-26-25(22)15-27(35)45-26)29(36)30(24)38-32(39-31)44-19-33-10-4-12-41(33)17-20(34)16-33/h2-3,5-8,15,20-21H,1,4,9-10,12-14,16-19H2/t20-,21+,33+/m1/s1. The fourth-order valence-electron chi connectivity index (χ4n) is 7.29. The minimum absolute atomic E-state index is 0.0294. The minimum atomic E-state index is -0.932. The summed E-state index contributed by atoms with van der Waals surface area (Å²) in [6.07, 6.45) is 2.51. The van der Waals surface area contributed by atoms with Crippen molar-refractivity contribution in [2.45, 2.75) is 43.4 Å². The van der Waals surface area contributed by atoms with Crippen molar-refractivity contribution in [1.29, 1.82) is 5.26 Å². The number of halogens is 3. The van der Waals surface area contributed by atoms with Crippen LogP contribution >= 0.6 is 11.3 Å². The Labute approximate surface area is 262 Å². The fraction of sp³-hybridized carbons (Fsp3) is 0.394. The molecule has 0 bridgehead atoms. The van der Waals surface area contributed by atoms with Crippen molar-refractivity contribution in [1.82, 2.24) is 19.8 Å². The Hall–Kier alpha value is -4.21. The van der Waals surface area contributed by atoms with Crippen LogP contribution in [0, 0.1) is 22.3 Å². The number of amides is 1. The predicted octanol–water partition coefficient (Wildman–Crippen LogP) is 5.86. The highest BCUT2D eigenvalue weighted by atomic mass is 32.1. The Morgan fingerprint density at radius 1 is 1.16 bits per heavy atom. The van der Waals surface area contributed by atoms with Crippen LogP contribution in [0.1, 0.15) is 25.7 Å². The van der Waals surface area contributed by atoms with Crippen molar-refractivity contribution in [2.24, 2.45) is 0 Å². The highest BCUT2D eigenvalue weighted by Gasteiger charge is 2.49. The topological polar surface area (TPSA) is 85.6 Å². The summed E-state index contributed by atoms with van der Waals surface area (Å²) in [5.74, 6) is -0.437. The second-order valence-corrected chi connectivity index (χ2v) is 13.0. The quantitative estimate of drug-likeness (QED) is 0.236. The maximum atomic E-state index is 16.6. The molecule has 2 aromatic heterocycles. The van der Waals surface area contributed by atoms with Gasteiger partial charge in [-0.25, -0.2) is 8.78 Å². The number of piperazine rings is 1. The molecule has 0 N–H and O–H groups in total. The molecule has 4 aromatic rings. The number of nitriles is 1. The van der Waals surface area contributed by atoms with E-state index in [2.05, 4.69) is 22.5 Å². The first-order valence-electron chi connectivity index (χ1n) is 15.1. The monoisotopic (exact) mass is 632 g/mol. The molecule has 0 aliphatic carbocycles. The fourth-order valence-corrected chi connectivity index (χ4v) is 8.10. The van der Waals surface area contributed by atoms with E-state index in [0.717, 1.165) is 30.7 Å². The summed E-state index contributed by atoms with van der Waals surface area (Å²) in [5, 5.41) is 10.2. The van der Waals surface area contributed by atoms with E-state index in [1.807, 2.05) is 4.90 Å². The normalized spacial score (nSPS) is 23.4. The lowest BCUT2D eigenvalue weighted by Crippen LogP contribution is -2.55. The second-order valence-electron chi connectivity index (χ2n) is 12.0. The summed E-state index contributed by atoms with van der Waals surface area (Å²) in [6, 6.07) is 11.8. The van der Waals surface area contributed by atoms with Crippen molar-refractivity contribution >= 4 is 44.1 Å². The third kappa shape index (κ3) is 5.17. The smallest absolute Gasteiger partial charge is 0.319 e. The van der Waals surface area contributed by atoms with E-state index in [1.165, 1.54) is 12.1 Å². The Morgan fingerprint density at radius 2 is 2.02 bits per heavy atom. The number of fused-ring (bicyclic) bond motifs is 3. The summed E-state index contributed by atoms with van der Waals surface area (Å²) in [7, 11) is 0. The van der Waals surface area contributed by atoms with Crippen molar-refractivity contribution in [3.05, 3.63) is 60.0 Å². The van der Waals surface area contributed by atoms with Crippen molar-refractivity contribution < 1.29 is 22.7 Å². The van der Waals surface area contributed by atoms with E-state index >= 15 is 4.39 Å². The van der Waals surface area contributed by atoms with E-state index in [9.17, 15) is 18.8 Å². The first kappa shape index (κ1) is 29.5. The van der Waals surface area contributed by atoms with Gasteiger partial charge in [0.2, 0.25) is 5.91 Å². The van der Waals surface area contributed by atoms with Gasteiger partial charge in [0.15, 0.2) is 10.9 Å². The maximum Gasteiger partial charge on any atom is 0.319 e. The average molecular weight is 633 g/mol. The van der Waals surface area contributed by atoms with Crippen LogP contribution in [0.4, 0.5) is 19.0 Å². The third-order valence-electron chi connectivity index (χ3n) is 9.39. The van der Waals surface area contributed by atoms with Crippen LogP contribution in [-0.4, -0.2) is 82.8 Å². The van der Waals surface area contributed by atoms with E-state index < -0.39 is 23.6 Å². The lowest BCUT2D eigenvalue weighted by molar-refractivity contribution is -0.128. The summed E-state index contributed by atoms with van der Waals surface area (Å²) < 4.78 is 52.2. The Balaban J connectivity index is 1.32. The zero-order valence-electron chi connectivity index (χ0n) is 24.5. The van der Waals surface area contributed by atoms with Gasteiger partial charge in [0.1, 0.15) is 24.1 Å². The van der Waals surface area contributed by atoms with Crippen LogP contribution in [0.3, 0.4) is 0 Å². The van der Waals surface area contributed by atoms with Crippen molar-refractivity contribution in [2.75, 3.05) is 44.2 Å². The molecule has 0 spiro atoms. The number of anilines is 1. The van der Waals surface area contributed by atoms with Crippen molar-refractivity contribution in [3.63, 3.8) is 0 Å². The van der Waals surface area contributed by atoms with E-state index in [-0.39, 0.29) is 47.7 Å². The average Bonchev–Trinajstić information content (AvgIpc) is 3.70. The number of hydrogen-bond donors (Lipinski definition) is 0. The number of alkyl halides is 1. The van der Waals surface area contributed by atoms with Gasteiger partial charge < -0.3 is 14.5 Å². The summed E-state index contributed by atoms with van der Waals surface area (Å²) >= 11 is 0.999. The molecule has 3 atom stereocenters. The third-order valence-corrected chi connectivity index (χ3v) is 10.3. The number of benzene rings is 2. The van der Waals surface area contributed by atoms with E-state index in [4.69, 9.17) is 9.72 Å². The number of rotatable bonds is 7. The molecule has 0 unspecified atom stereocenters. The molecule has 2 aromatic carbocycles. The van der Waals surface area contributed by atoms with Gasteiger partial charge in [0.25, 0.3) is 0 Å². The summed E-state index contributed by atoms with van der Waals surface area (Å²) in [5.41, 5.74) is 0.394. The number of carbonyl (C=O) groups is 1. The van der Waals surface area contributed by atoms with Crippen LogP contribution < -0.4 is 9.64 Å². The zero-order chi connectivity index (χ0) is 31.3. The first-order chi connectivity index (χ1) is 21.8. The number of carbonyl (C=O) groups excluding carboxylic acids is 1. The molecule has 7 rings (SSSR count).